The van der Waals surface area contributed by atoms with Gasteiger partial charge in [-0.25, -0.2) is 0 Å². The molecule has 0 aliphatic carbocycles. The highest BCUT2D eigenvalue weighted by Crippen LogP contribution is 2.23. The Bertz CT molecular complexity index is 642. The summed E-state index contributed by atoms with van der Waals surface area (Å²) < 4.78 is 5.11. The van der Waals surface area contributed by atoms with Crippen molar-refractivity contribution < 1.29 is 14.6 Å². The van der Waals surface area contributed by atoms with Crippen LogP contribution in [0.1, 0.15) is 26.3 Å². The van der Waals surface area contributed by atoms with Crippen LogP contribution in [0.25, 0.3) is 0 Å². The maximum Gasteiger partial charge on any atom is 0.228 e. The van der Waals surface area contributed by atoms with Gasteiger partial charge in [0.25, 0.3) is 0 Å². The number of nitrogens with one attached hydrogen (secondary N) is 1. The summed E-state index contributed by atoms with van der Waals surface area (Å²) in [6.45, 7) is 7.17. The number of amides is 1. The van der Waals surface area contributed by atoms with Gasteiger partial charge in [-0.15, -0.1) is 0 Å². The minimum atomic E-state index is -0.173. The van der Waals surface area contributed by atoms with E-state index in [0.29, 0.717) is 11.3 Å². The molecule has 0 fully saturated rings. The third-order valence-corrected chi connectivity index (χ3v) is 3.73. The minimum absolute atomic E-state index is 0.0505. The van der Waals surface area contributed by atoms with E-state index in [0.717, 1.165) is 12.2 Å². The summed E-state index contributed by atoms with van der Waals surface area (Å²) in [5.41, 5.74) is 1.37. The van der Waals surface area contributed by atoms with E-state index in [4.69, 9.17) is 4.74 Å². The van der Waals surface area contributed by atoms with Crippen LogP contribution in [0.3, 0.4) is 0 Å². The number of methoxy groups -OCH3 is 1. The highest BCUT2D eigenvalue weighted by atomic mass is 16.5. The lowest BCUT2D eigenvalue weighted by Crippen LogP contribution is -2.39. The predicted molar refractivity (Wildman–Crippen MR) is 90.2 cm³/mol. The van der Waals surface area contributed by atoms with E-state index in [-0.39, 0.29) is 23.6 Å². The monoisotopic (exact) mass is 316 g/mol. The second kappa shape index (κ2) is 6.77. The molecule has 2 rings (SSSR count). The molecule has 0 saturated heterocycles. The minimum Gasteiger partial charge on any atom is -0.508 e. The molecule has 0 bridgehead atoms. The van der Waals surface area contributed by atoms with Gasteiger partial charge in [0.15, 0.2) is 0 Å². The van der Waals surface area contributed by atoms with Gasteiger partial charge in [-0.05, 0) is 51.1 Å². The number of hydrogen-bond donors (Lipinski definition) is 2. The Balaban J connectivity index is 1.96. The normalized spacial score (nSPS) is 14.4. The first kappa shape index (κ1) is 16.9. The molecule has 0 atom stereocenters. The van der Waals surface area contributed by atoms with Crippen molar-refractivity contribution in [1.29, 1.82) is 0 Å². The number of rotatable bonds is 4. The summed E-state index contributed by atoms with van der Waals surface area (Å²) in [7, 11) is 1.55. The van der Waals surface area contributed by atoms with Crippen molar-refractivity contribution >= 4 is 5.91 Å². The average Bonchev–Trinajstić information content (AvgIpc) is 2.49. The van der Waals surface area contributed by atoms with Crippen molar-refractivity contribution in [2.24, 2.45) is 0 Å². The fourth-order valence-electron chi connectivity index (χ4n) is 2.29. The summed E-state index contributed by atoms with van der Waals surface area (Å²) in [6, 6.07) is 4.86. The molecule has 1 aromatic rings. The molecule has 1 aromatic carbocycles. The van der Waals surface area contributed by atoms with Crippen LogP contribution in [-0.2, 0) is 11.2 Å². The molecule has 0 saturated carbocycles. The number of phenolic OH excluding ortho intramolecular Hbond substituents is 1. The predicted octanol–water partition coefficient (Wildman–Crippen LogP) is 2.57. The fraction of sp³-hybridized carbons (Fsp3) is 0.389. The summed E-state index contributed by atoms with van der Waals surface area (Å²) in [5.74, 6) is 0.532. The highest BCUT2D eigenvalue weighted by Gasteiger charge is 2.19. The van der Waals surface area contributed by atoms with Gasteiger partial charge in [0.2, 0.25) is 5.91 Å². The van der Waals surface area contributed by atoms with Crippen LogP contribution in [0.4, 0.5) is 0 Å². The van der Waals surface area contributed by atoms with Crippen LogP contribution >= 0.6 is 0 Å². The van der Waals surface area contributed by atoms with E-state index in [2.05, 4.69) is 31.0 Å². The standard InChI is InChI=1S/C18H24N2O3/c1-18(2,3)20-9-7-14(8-10-20)19-17(22)12-13-11-15(23-4)5-6-16(13)21/h5-9,11,21H,10,12H2,1-4H3,(H,19,22). The van der Waals surface area contributed by atoms with Crippen LogP contribution in [0.2, 0.25) is 0 Å². The highest BCUT2D eigenvalue weighted by molar-refractivity contribution is 5.81. The number of hydrogen-bond acceptors (Lipinski definition) is 4. The molecule has 1 aliphatic heterocycles. The lowest BCUT2D eigenvalue weighted by molar-refractivity contribution is -0.119. The van der Waals surface area contributed by atoms with Gasteiger partial charge in [-0.3, -0.25) is 4.79 Å². The summed E-state index contributed by atoms with van der Waals surface area (Å²) in [6.07, 6.45) is 5.95. The van der Waals surface area contributed by atoms with Crippen LogP contribution in [-0.4, -0.2) is 35.1 Å². The van der Waals surface area contributed by atoms with Crippen molar-refractivity contribution in [3.8, 4) is 11.5 Å². The van der Waals surface area contributed by atoms with Gasteiger partial charge in [-0.1, -0.05) is 0 Å². The average molecular weight is 316 g/mol. The van der Waals surface area contributed by atoms with Gasteiger partial charge >= 0.3 is 0 Å². The number of carbonyl (C=O) groups is 1. The maximum absolute atomic E-state index is 12.2. The van der Waals surface area contributed by atoms with E-state index < -0.39 is 0 Å². The Morgan fingerprint density at radius 1 is 1.39 bits per heavy atom. The van der Waals surface area contributed by atoms with Crippen LogP contribution < -0.4 is 10.1 Å². The van der Waals surface area contributed by atoms with Gasteiger partial charge < -0.3 is 20.1 Å². The zero-order valence-corrected chi connectivity index (χ0v) is 14.1. The number of allylic oxidation sites excluding steroid dienone is 1. The molecule has 124 valence electrons. The SMILES string of the molecule is COc1ccc(O)c(CC(=O)NC2=CCN(C(C)(C)C)C=C2)c1. The maximum atomic E-state index is 12.2. The van der Waals surface area contributed by atoms with Crippen molar-refractivity contribution in [2.75, 3.05) is 13.7 Å². The van der Waals surface area contributed by atoms with Crippen LogP contribution in [0.5, 0.6) is 11.5 Å². The Morgan fingerprint density at radius 3 is 2.70 bits per heavy atom. The second-order valence-electron chi connectivity index (χ2n) is 6.52. The van der Waals surface area contributed by atoms with E-state index in [1.807, 2.05) is 18.4 Å². The Kier molecular flexibility index (Phi) is 4.98. The topological polar surface area (TPSA) is 61.8 Å². The van der Waals surface area contributed by atoms with Gasteiger partial charge in [0, 0.05) is 29.5 Å². The number of nitrogens with zero attached hydrogens (tertiary/aromatic N) is 1. The van der Waals surface area contributed by atoms with Crippen molar-refractivity contribution in [2.45, 2.75) is 32.7 Å². The molecule has 5 heteroatoms. The second-order valence-corrected chi connectivity index (χ2v) is 6.52. The van der Waals surface area contributed by atoms with Gasteiger partial charge in [0.05, 0.1) is 13.5 Å². The molecular formula is C18H24N2O3. The third-order valence-electron chi connectivity index (χ3n) is 3.73. The van der Waals surface area contributed by atoms with Crippen molar-refractivity contribution in [1.82, 2.24) is 10.2 Å². The Hall–Kier alpha value is -2.43. The Morgan fingerprint density at radius 2 is 2.13 bits per heavy atom. The molecule has 0 radical (unpaired) electrons. The molecule has 1 aliphatic rings. The molecule has 0 spiro atoms. The summed E-state index contributed by atoms with van der Waals surface area (Å²) in [5, 5.41) is 12.7. The first-order chi connectivity index (χ1) is 10.8. The third kappa shape index (κ3) is 4.52. The summed E-state index contributed by atoms with van der Waals surface area (Å²) in [4.78, 5) is 14.4. The molecule has 5 nitrogen and oxygen atoms in total. The lowest BCUT2D eigenvalue weighted by Gasteiger charge is -2.35. The van der Waals surface area contributed by atoms with Crippen molar-refractivity contribution in [3.05, 3.63) is 47.8 Å². The molecular weight excluding hydrogens is 292 g/mol. The van der Waals surface area contributed by atoms with E-state index in [1.165, 1.54) is 6.07 Å². The largest absolute Gasteiger partial charge is 0.508 e. The first-order valence-corrected chi connectivity index (χ1v) is 7.60. The zero-order chi connectivity index (χ0) is 17.0. The number of benzene rings is 1. The molecule has 0 aromatic heterocycles. The van der Waals surface area contributed by atoms with Crippen LogP contribution in [0.15, 0.2) is 42.2 Å². The molecule has 0 unspecified atom stereocenters. The fourth-order valence-corrected chi connectivity index (χ4v) is 2.29. The quantitative estimate of drug-likeness (QED) is 0.896. The lowest BCUT2D eigenvalue weighted by atomic mass is 10.1. The smallest absolute Gasteiger partial charge is 0.228 e. The molecule has 1 heterocycles. The van der Waals surface area contributed by atoms with Crippen LogP contribution in [0, 0.1) is 0 Å². The van der Waals surface area contributed by atoms with E-state index in [9.17, 15) is 9.90 Å². The molecule has 23 heavy (non-hydrogen) atoms. The number of aromatic hydroxyl groups is 1. The Labute approximate surface area is 137 Å². The number of phenols is 1. The first-order valence-electron chi connectivity index (χ1n) is 7.60. The van der Waals surface area contributed by atoms with Gasteiger partial charge in [0.1, 0.15) is 11.5 Å². The zero-order valence-electron chi connectivity index (χ0n) is 14.1. The van der Waals surface area contributed by atoms with Gasteiger partial charge in [-0.2, -0.15) is 0 Å². The van der Waals surface area contributed by atoms with E-state index >= 15 is 0 Å². The molecule has 2 N–H and O–H groups in total. The number of ether oxygens (including phenoxy) is 1. The van der Waals surface area contributed by atoms with Crippen molar-refractivity contribution in [3.63, 3.8) is 0 Å². The van der Waals surface area contributed by atoms with E-state index in [1.54, 1.807) is 19.2 Å². The molecule has 1 amide bonds. The summed E-state index contributed by atoms with van der Waals surface area (Å²) >= 11 is 0. The number of carbonyl (C=O) groups excluding carboxylic acids is 1.